The first kappa shape index (κ1) is 19.8. The fraction of sp³-hybridized carbons (Fsp3) is 0.810. The van der Waals surface area contributed by atoms with E-state index in [1.54, 1.807) is 0 Å². The van der Waals surface area contributed by atoms with Crippen LogP contribution >= 0.6 is 11.8 Å². The molecule has 1 heterocycles. The molecule has 1 N–H and O–H groups in total. The molecule has 0 spiro atoms. The number of nitrogens with zero attached hydrogens (tertiary/aromatic N) is 1. The largest absolute Gasteiger partial charge is 0.344 e. The molecule has 2 fully saturated rings. The number of allylic oxidation sites excluding steroid dienone is 1. The number of carbonyl (C=O) groups excluding carboxylic acids is 2. The summed E-state index contributed by atoms with van der Waals surface area (Å²) in [5, 5.41) is 3.26. The molecule has 1 unspecified atom stereocenters. The third-order valence-corrected chi connectivity index (χ3v) is 6.98. The number of thioether (sulfide) groups is 1. The van der Waals surface area contributed by atoms with Crippen LogP contribution in [0.25, 0.3) is 0 Å². The third kappa shape index (κ3) is 6.04. The van der Waals surface area contributed by atoms with Crippen molar-refractivity contribution in [2.24, 2.45) is 5.92 Å². The van der Waals surface area contributed by atoms with E-state index in [2.05, 4.69) is 11.4 Å². The maximum absolute atomic E-state index is 12.5. The number of nitrogens with one attached hydrogen (secondary N) is 1. The molecule has 0 bridgehead atoms. The summed E-state index contributed by atoms with van der Waals surface area (Å²) in [4.78, 5) is 26.6. The number of rotatable bonds is 5. The highest BCUT2D eigenvalue weighted by Crippen LogP contribution is 2.32. The summed E-state index contributed by atoms with van der Waals surface area (Å²) >= 11 is 1.35. The number of carbonyl (C=O) groups is 2. The van der Waals surface area contributed by atoms with Crippen molar-refractivity contribution in [1.29, 1.82) is 0 Å². The van der Waals surface area contributed by atoms with Crippen LogP contribution in [0.3, 0.4) is 0 Å². The minimum atomic E-state index is 0.0949. The molecule has 1 atom stereocenters. The molecule has 4 nitrogen and oxygen atoms in total. The highest BCUT2D eigenvalue weighted by Gasteiger charge is 2.27. The van der Waals surface area contributed by atoms with Gasteiger partial charge in [0, 0.05) is 31.3 Å². The molecule has 0 aromatic carbocycles. The molecule has 2 amide bonds. The van der Waals surface area contributed by atoms with Gasteiger partial charge >= 0.3 is 0 Å². The lowest BCUT2D eigenvalue weighted by Crippen LogP contribution is -2.40. The lowest BCUT2D eigenvalue weighted by atomic mass is 9.82. The molecule has 0 aromatic rings. The van der Waals surface area contributed by atoms with Crippen molar-refractivity contribution in [2.75, 3.05) is 18.8 Å². The fourth-order valence-corrected chi connectivity index (χ4v) is 5.25. The molecule has 3 aliphatic rings. The molecule has 0 aromatic heterocycles. The van der Waals surface area contributed by atoms with Crippen molar-refractivity contribution in [3.63, 3.8) is 0 Å². The van der Waals surface area contributed by atoms with Gasteiger partial charge in [-0.2, -0.15) is 0 Å². The Morgan fingerprint density at radius 1 is 1.08 bits per heavy atom. The fourth-order valence-electron chi connectivity index (χ4n) is 4.53. The average Bonchev–Trinajstić information content (AvgIpc) is 2.93. The van der Waals surface area contributed by atoms with Gasteiger partial charge in [-0.25, -0.2) is 0 Å². The maximum atomic E-state index is 12.5. The van der Waals surface area contributed by atoms with Gasteiger partial charge in [-0.15, -0.1) is 0 Å². The first-order valence-electron chi connectivity index (χ1n) is 10.6. The number of piperidine rings is 1. The lowest BCUT2D eigenvalue weighted by molar-refractivity contribution is -0.131. The number of likely N-dealkylation sites (tertiary alicyclic amines) is 1. The topological polar surface area (TPSA) is 49.4 Å². The summed E-state index contributed by atoms with van der Waals surface area (Å²) in [5.74, 6) is 1.74. The van der Waals surface area contributed by atoms with Crippen molar-refractivity contribution in [3.8, 4) is 0 Å². The van der Waals surface area contributed by atoms with Gasteiger partial charge in [0.15, 0.2) is 0 Å². The van der Waals surface area contributed by atoms with Gasteiger partial charge in [-0.1, -0.05) is 49.1 Å². The first-order chi connectivity index (χ1) is 12.7. The van der Waals surface area contributed by atoms with Crippen molar-refractivity contribution in [1.82, 2.24) is 10.2 Å². The van der Waals surface area contributed by atoms with Gasteiger partial charge in [0.1, 0.15) is 0 Å². The van der Waals surface area contributed by atoms with Gasteiger partial charge in [0.2, 0.25) is 5.91 Å². The Kier molecular flexibility index (Phi) is 7.90. The van der Waals surface area contributed by atoms with Crippen LogP contribution in [0, 0.1) is 5.92 Å². The Bertz CT molecular complexity index is 512. The van der Waals surface area contributed by atoms with E-state index in [0.29, 0.717) is 12.5 Å². The zero-order valence-electron chi connectivity index (χ0n) is 16.0. The van der Waals surface area contributed by atoms with Crippen LogP contribution in [0.1, 0.15) is 77.0 Å². The van der Waals surface area contributed by atoms with Crippen LogP contribution in [0.15, 0.2) is 11.6 Å². The summed E-state index contributed by atoms with van der Waals surface area (Å²) in [6, 6.07) is 0.365. The SMILES string of the molecule is O=C(NC1CCCCCC1)SCCCC(=O)N1CCC2CCCC=C2C1. The Balaban J connectivity index is 1.30. The van der Waals surface area contributed by atoms with Gasteiger partial charge in [0.05, 0.1) is 0 Å². The molecule has 1 saturated heterocycles. The van der Waals surface area contributed by atoms with Gasteiger partial charge < -0.3 is 10.2 Å². The molecule has 5 heteroatoms. The number of hydrogen-bond acceptors (Lipinski definition) is 3. The van der Waals surface area contributed by atoms with Gasteiger partial charge in [0.25, 0.3) is 5.24 Å². The minimum Gasteiger partial charge on any atom is -0.344 e. The smallest absolute Gasteiger partial charge is 0.279 e. The van der Waals surface area contributed by atoms with Crippen LogP contribution in [-0.4, -0.2) is 40.9 Å². The standard InChI is InChI=1S/C21H34N2O2S/c24-20(23-14-13-17-8-5-6-9-18(17)16-23)12-7-15-26-21(25)22-19-10-3-1-2-4-11-19/h9,17,19H,1-8,10-16H2,(H,22,25). The highest BCUT2D eigenvalue weighted by molar-refractivity contribution is 8.13. The van der Waals surface area contributed by atoms with Crippen LogP contribution in [-0.2, 0) is 4.79 Å². The number of fused-ring (bicyclic) bond motifs is 1. The van der Waals surface area contributed by atoms with Gasteiger partial charge in [-0.3, -0.25) is 9.59 Å². The maximum Gasteiger partial charge on any atom is 0.279 e. The van der Waals surface area contributed by atoms with E-state index < -0.39 is 0 Å². The average molecular weight is 379 g/mol. The van der Waals surface area contributed by atoms with Crippen molar-refractivity contribution >= 4 is 22.9 Å². The number of amides is 2. The zero-order valence-corrected chi connectivity index (χ0v) is 16.8. The van der Waals surface area contributed by atoms with Crippen LogP contribution in [0.5, 0.6) is 0 Å². The zero-order chi connectivity index (χ0) is 18.2. The van der Waals surface area contributed by atoms with E-state index in [1.165, 1.54) is 62.3 Å². The van der Waals surface area contributed by atoms with Crippen molar-refractivity contribution < 1.29 is 9.59 Å². The lowest BCUT2D eigenvalue weighted by Gasteiger charge is -2.36. The molecule has 1 aliphatic heterocycles. The molecule has 2 aliphatic carbocycles. The van der Waals surface area contributed by atoms with E-state index in [4.69, 9.17) is 0 Å². The summed E-state index contributed by atoms with van der Waals surface area (Å²) in [5.41, 5.74) is 1.49. The first-order valence-corrected chi connectivity index (χ1v) is 11.6. The second-order valence-electron chi connectivity index (χ2n) is 8.08. The van der Waals surface area contributed by atoms with Crippen LogP contribution in [0.2, 0.25) is 0 Å². The summed E-state index contributed by atoms with van der Waals surface area (Å²) in [6.45, 7) is 1.76. The van der Waals surface area contributed by atoms with Crippen molar-refractivity contribution in [2.45, 2.75) is 83.1 Å². The van der Waals surface area contributed by atoms with E-state index in [9.17, 15) is 9.59 Å². The molecular formula is C21H34N2O2S. The molecule has 1 saturated carbocycles. The summed E-state index contributed by atoms with van der Waals surface area (Å²) in [6.07, 6.45) is 16.0. The molecule has 3 rings (SSSR count). The molecule has 0 radical (unpaired) electrons. The van der Waals surface area contributed by atoms with E-state index in [-0.39, 0.29) is 11.1 Å². The summed E-state index contributed by atoms with van der Waals surface area (Å²) in [7, 11) is 0. The Morgan fingerprint density at radius 2 is 1.88 bits per heavy atom. The molecular weight excluding hydrogens is 344 g/mol. The van der Waals surface area contributed by atoms with E-state index in [1.807, 2.05) is 4.90 Å². The van der Waals surface area contributed by atoms with Crippen LogP contribution < -0.4 is 5.32 Å². The number of hydrogen-bond donors (Lipinski definition) is 1. The predicted octanol–water partition coefficient (Wildman–Crippen LogP) is 4.89. The predicted molar refractivity (Wildman–Crippen MR) is 108 cm³/mol. The quantitative estimate of drug-likeness (QED) is 0.421. The highest BCUT2D eigenvalue weighted by atomic mass is 32.2. The van der Waals surface area contributed by atoms with Gasteiger partial charge in [-0.05, 0) is 50.9 Å². The summed E-state index contributed by atoms with van der Waals surface area (Å²) < 4.78 is 0. The Labute approximate surface area is 162 Å². The minimum absolute atomic E-state index is 0.0949. The Hall–Kier alpha value is -0.970. The second-order valence-corrected chi connectivity index (χ2v) is 9.15. The normalized spacial score (nSPS) is 24.4. The monoisotopic (exact) mass is 378 g/mol. The molecule has 26 heavy (non-hydrogen) atoms. The van der Waals surface area contributed by atoms with Crippen molar-refractivity contribution in [3.05, 3.63) is 11.6 Å². The van der Waals surface area contributed by atoms with Crippen LogP contribution in [0.4, 0.5) is 4.79 Å². The molecule has 146 valence electrons. The second kappa shape index (κ2) is 10.4. The van der Waals surface area contributed by atoms with E-state index >= 15 is 0 Å². The Morgan fingerprint density at radius 3 is 2.69 bits per heavy atom. The van der Waals surface area contributed by atoms with E-state index in [0.717, 1.165) is 50.4 Å². The third-order valence-electron chi connectivity index (χ3n) is 6.11.